The van der Waals surface area contributed by atoms with E-state index in [1.165, 1.54) is 14.2 Å². The fraction of sp³-hybridized carbons (Fsp3) is 0.500. The molecule has 0 unspecified atom stereocenters. The summed E-state index contributed by atoms with van der Waals surface area (Å²) in [6.45, 7) is 0. The molecule has 1 aromatic carbocycles. The van der Waals surface area contributed by atoms with Crippen molar-refractivity contribution in [1.29, 1.82) is 0 Å². The lowest BCUT2D eigenvalue weighted by atomic mass is 10.0. The molecule has 0 aromatic heterocycles. The van der Waals surface area contributed by atoms with E-state index in [9.17, 15) is 13.2 Å². The van der Waals surface area contributed by atoms with Gasteiger partial charge in [0.25, 0.3) is 0 Å². The molecule has 0 amide bonds. The van der Waals surface area contributed by atoms with Gasteiger partial charge in [0.15, 0.2) is 0 Å². The molecule has 7 heteroatoms. The van der Waals surface area contributed by atoms with Crippen LogP contribution < -0.4 is 15.2 Å². The first-order valence-electron chi connectivity index (χ1n) is 5.52. The van der Waals surface area contributed by atoms with Gasteiger partial charge in [-0.05, 0) is 40.0 Å². The van der Waals surface area contributed by atoms with Crippen LogP contribution >= 0.6 is 15.9 Å². The summed E-state index contributed by atoms with van der Waals surface area (Å²) < 4.78 is 47.4. The van der Waals surface area contributed by atoms with Crippen molar-refractivity contribution in [1.82, 2.24) is 0 Å². The van der Waals surface area contributed by atoms with Crippen LogP contribution in [-0.2, 0) is 0 Å². The van der Waals surface area contributed by atoms with E-state index >= 15 is 0 Å². The second-order valence-electron chi connectivity index (χ2n) is 4.00. The van der Waals surface area contributed by atoms with Crippen LogP contribution in [0.4, 0.5) is 13.2 Å². The highest BCUT2D eigenvalue weighted by Crippen LogP contribution is 2.38. The van der Waals surface area contributed by atoms with Crippen molar-refractivity contribution >= 4 is 15.9 Å². The maximum atomic E-state index is 12.2. The zero-order chi connectivity index (χ0) is 14.6. The highest BCUT2D eigenvalue weighted by molar-refractivity contribution is 9.10. The first-order chi connectivity index (χ1) is 8.78. The maximum Gasteiger partial charge on any atom is 0.389 e. The summed E-state index contributed by atoms with van der Waals surface area (Å²) in [5.41, 5.74) is 6.32. The molecule has 108 valence electrons. The summed E-state index contributed by atoms with van der Waals surface area (Å²) in [4.78, 5) is 0. The minimum atomic E-state index is -4.21. The largest absolute Gasteiger partial charge is 0.495 e. The topological polar surface area (TPSA) is 44.5 Å². The number of hydrogen-bond acceptors (Lipinski definition) is 3. The van der Waals surface area contributed by atoms with Gasteiger partial charge in [0.05, 0.1) is 14.2 Å². The van der Waals surface area contributed by atoms with Gasteiger partial charge in [-0.2, -0.15) is 13.2 Å². The van der Waals surface area contributed by atoms with Crippen LogP contribution in [0.15, 0.2) is 16.6 Å². The van der Waals surface area contributed by atoms with E-state index in [-0.39, 0.29) is 6.42 Å². The van der Waals surface area contributed by atoms with Crippen LogP contribution in [0.2, 0.25) is 0 Å². The molecule has 0 aliphatic rings. The molecule has 0 radical (unpaired) electrons. The van der Waals surface area contributed by atoms with Gasteiger partial charge in [0, 0.05) is 12.5 Å². The predicted octanol–water partition coefficient (Wildman–Crippen LogP) is 3.81. The smallest absolute Gasteiger partial charge is 0.389 e. The fourth-order valence-corrected chi connectivity index (χ4v) is 2.14. The maximum absolute atomic E-state index is 12.2. The monoisotopic (exact) mass is 341 g/mol. The lowest BCUT2D eigenvalue weighted by Crippen LogP contribution is -2.16. The van der Waals surface area contributed by atoms with E-state index in [0.717, 1.165) is 0 Å². The van der Waals surface area contributed by atoms with Crippen molar-refractivity contribution in [3.8, 4) is 11.5 Å². The normalized spacial score (nSPS) is 13.2. The molecule has 0 saturated carbocycles. The average Bonchev–Trinajstić information content (AvgIpc) is 2.35. The molecular formula is C12H15BrF3NO2. The Balaban J connectivity index is 2.93. The molecule has 1 atom stereocenters. The van der Waals surface area contributed by atoms with E-state index in [2.05, 4.69) is 15.9 Å². The first-order valence-corrected chi connectivity index (χ1v) is 6.31. The van der Waals surface area contributed by atoms with Gasteiger partial charge in [-0.25, -0.2) is 0 Å². The zero-order valence-corrected chi connectivity index (χ0v) is 12.1. The van der Waals surface area contributed by atoms with Crippen molar-refractivity contribution < 1.29 is 22.6 Å². The summed E-state index contributed by atoms with van der Waals surface area (Å²) in [6.07, 6.45) is -5.31. The van der Waals surface area contributed by atoms with Gasteiger partial charge in [0.1, 0.15) is 16.0 Å². The van der Waals surface area contributed by atoms with Crippen LogP contribution in [0.1, 0.15) is 24.4 Å². The van der Waals surface area contributed by atoms with Crippen LogP contribution in [0.3, 0.4) is 0 Å². The molecule has 0 bridgehead atoms. The van der Waals surface area contributed by atoms with Crippen LogP contribution in [0.25, 0.3) is 0 Å². The number of rotatable bonds is 5. The van der Waals surface area contributed by atoms with E-state index in [0.29, 0.717) is 21.5 Å². The van der Waals surface area contributed by atoms with Gasteiger partial charge in [-0.3, -0.25) is 0 Å². The lowest BCUT2D eigenvalue weighted by Gasteiger charge is -2.17. The molecule has 0 fully saturated rings. The number of nitrogens with two attached hydrogens (primary N) is 1. The summed E-state index contributed by atoms with van der Waals surface area (Å²) in [5.74, 6) is 0.939. The van der Waals surface area contributed by atoms with Gasteiger partial charge < -0.3 is 15.2 Å². The Morgan fingerprint density at radius 2 is 1.68 bits per heavy atom. The Hall–Kier alpha value is -0.950. The second-order valence-corrected chi connectivity index (χ2v) is 4.79. The molecule has 3 nitrogen and oxygen atoms in total. The first kappa shape index (κ1) is 16.1. The van der Waals surface area contributed by atoms with Gasteiger partial charge in [0.2, 0.25) is 0 Å². The highest BCUT2D eigenvalue weighted by atomic mass is 79.9. The van der Waals surface area contributed by atoms with E-state index < -0.39 is 18.6 Å². The minimum absolute atomic E-state index is 0.183. The van der Waals surface area contributed by atoms with Gasteiger partial charge in [-0.15, -0.1) is 0 Å². The summed E-state index contributed by atoms with van der Waals surface area (Å²) in [7, 11) is 2.93. The molecule has 0 spiro atoms. The number of methoxy groups -OCH3 is 2. The Labute approximate surface area is 118 Å². The standard InChI is InChI=1S/C12H15BrF3NO2/c1-18-9-5-7(6-10(19-2)11(9)13)8(17)3-4-12(14,15)16/h5-6,8H,3-4,17H2,1-2H3/t8-/m0/s1. The van der Waals surface area contributed by atoms with Gasteiger partial charge >= 0.3 is 6.18 Å². The van der Waals surface area contributed by atoms with Gasteiger partial charge in [-0.1, -0.05) is 0 Å². The molecule has 1 rings (SSSR count). The third-order valence-electron chi connectivity index (χ3n) is 2.63. The molecule has 2 N–H and O–H groups in total. The fourth-order valence-electron chi connectivity index (χ4n) is 1.59. The van der Waals surface area contributed by atoms with Crippen LogP contribution in [0.5, 0.6) is 11.5 Å². The van der Waals surface area contributed by atoms with E-state index in [1.54, 1.807) is 12.1 Å². The Kier molecular flexibility index (Phi) is 5.49. The molecule has 0 aliphatic carbocycles. The summed E-state index contributed by atoms with van der Waals surface area (Å²) in [6, 6.07) is 2.49. The SMILES string of the molecule is COc1cc([C@@H](N)CCC(F)(F)F)cc(OC)c1Br. The Morgan fingerprint density at radius 3 is 2.05 bits per heavy atom. The number of halogens is 4. The van der Waals surface area contributed by atoms with Crippen molar-refractivity contribution in [3.05, 3.63) is 22.2 Å². The summed E-state index contributed by atoms with van der Waals surface area (Å²) in [5, 5.41) is 0. The summed E-state index contributed by atoms with van der Waals surface area (Å²) >= 11 is 3.28. The highest BCUT2D eigenvalue weighted by Gasteiger charge is 2.28. The van der Waals surface area contributed by atoms with Crippen molar-refractivity contribution in [2.75, 3.05) is 14.2 Å². The molecule has 19 heavy (non-hydrogen) atoms. The molecule has 0 heterocycles. The number of benzene rings is 1. The second kappa shape index (κ2) is 6.47. The zero-order valence-electron chi connectivity index (χ0n) is 10.6. The predicted molar refractivity (Wildman–Crippen MR) is 69.5 cm³/mol. The Bertz CT molecular complexity index is 412. The number of alkyl halides is 3. The molecule has 0 aliphatic heterocycles. The van der Waals surface area contributed by atoms with Crippen LogP contribution in [-0.4, -0.2) is 20.4 Å². The molecule has 1 aromatic rings. The van der Waals surface area contributed by atoms with Crippen molar-refractivity contribution in [2.45, 2.75) is 25.1 Å². The number of hydrogen-bond donors (Lipinski definition) is 1. The minimum Gasteiger partial charge on any atom is -0.495 e. The Morgan fingerprint density at radius 1 is 1.21 bits per heavy atom. The van der Waals surface area contributed by atoms with Crippen molar-refractivity contribution in [2.24, 2.45) is 5.73 Å². The van der Waals surface area contributed by atoms with E-state index in [1.807, 2.05) is 0 Å². The third kappa shape index (κ3) is 4.58. The van der Waals surface area contributed by atoms with E-state index in [4.69, 9.17) is 15.2 Å². The lowest BCUT2D eigenvalue weighted by molar-refractivity contribution is -0.136. The quantitative estimate of drug-likeness (QED) is 0.885. The number of ether oxygens (including phenoxy) is 2. The third-order valence-corrected chi connectivity index (χ3v) is 3.42. The average molecular weight is 342 g/mol. The van der Waals surface area contributed by atoms with Crippen molar-refractivity contribution in [3.63, 3.8) is 0 Å². The molecular weight excluding hydrogens is 327 g/mol. The van der Waals surface area contributed by atoms with Crippen LogP contribution in [0, 0.1) is 0 Å². The molecule has 0 saturated heterocycles.